The van der Waals surface area contributed by atoms with Crippen LogP contribution < -0.4 is 22.3 Å². The van der Waals surface area contributed by atoms with Crippen molar-refractivity contribution in [3.8, 4) is 11.1 Å². The molecule has 5 atom stereocenters. The van der Waals surface area contributed by atoms with Crippen molar-refractivity contribution >= 4 is 29.0 Å². The van der Waals surface area contributed by atoms with Crippen LogP contribution in [0.25, 0.3) is 22.3 Å². The fraction of sp³-hybridized carbons (Fsp3) is 0.387. The number of rotatable bonds is 11. The van der Waals surface area contributed by atoms with Crippen LogP contribution in [0.4, 0.5) is 10.7 Å². The molecule has 6 rings (SSSR count). The number of ether oxygens (including phenoxy) is 2. The van der Waals surface area contributed by atoms with E-state index in [-0.39, 0.29) is 36.1 Å². The van der Waals surface area contributed by atoms with E-state index in [2.05, 4.69) is 20.3 Å². The minimum absolute atomic E-state index is 0.0166. The first-order chi connectivity index (χ1) is 22.2. The van der Waals surface area contributed by atoms with Gasteiger partial charge in [-0.3, -0.25) is 19.1 Å². The van der Waals surface area contributed by atoms with Gasteiger partial charge in [-0.1, -0.05) is 48.5 Å². The SMILES string of the molecule is NCCCC[C@H](NC(=O)OCC1c2ccccc2-c2ccccc21)C(=O)[C@@]1(n2cnc3c(=O)[nH]c(N)nc32)O[C@H](CO)[C@@H](O)[C@H]1O. The predicted molar refractivity (Wildman–Crippen MR) is 164 cm³/mol. The van der Waals surface area contributed by atoms with Crippen LogP contribution in [0.15, 0.2) is 59.7 Å². The molecule has 2 aromatic carbocycles. The standard InChI is InChI=1S/C31H35N7O8/c32-12-6-5-11-21(35-30(44)45-14-20-18-9-3-1-7-16(18)17-8-2-4-10-19(17)20)25(41)31(26(42)24(40)22(13-39)46-31)38-15-34-23-27(38)36-29(33)37-28(23)43/h1-4,7-10,15,20-22,24,26,39-40,42H,5-6,11-14,32H2,(H,35,44)(H3,33,36,37,43)/t21-,22+,24+,26+,31+/m0/s1. The zero-order valence-corrected chi connectivity index (χ0v) is 24.7. The van der Waals surface area contributed by atoms with Gasteiger partial charge in [0.15, 0.2) is 11.2 Å². The summed E-state index contributed by atoms with van der Waals surface area (Å²) in [6.07, 6.45) is -4.01. The number of carbonyl (C=O) groups is 2. The first-order valence-electron chi connectivity index (χ1n) is 14.9. The van der Waals surface area contributed by atoms with E-state index in [0.29, 0.717) is 19.4 Å². The molecule has 1 aliphatic carbocycles. The highest BCUT2D eigenvalue weighted by molar-refractivity contribution is 5.94. The maximum absolute atomic E-state index is 14.5. The van der Waals surface area contributed by atoms with Crippen molar-refractivity contribution in [1.29, 1.82) is 0 Å². The van der Waals surface area contributed by atoms with Crippen LogP contribution >= 0.6 is 0 Å². The number of hydrogen-bond acceptors (Lipinski definition) is 12. The number of nitrogens with two attached hydrogens (primary N) is 2. The number of imidazole rings is 1. The lowest BCUT2D eigenvalue weighted by molar-refractivity contribution is -0.176. The first-order valence-corrected chi connectivity index (χ1v) is 14.9. The second-order valence-corrected chi connectivity index (χ2v) is 11.4. The van der Waals surface area contributed by atoms with E-state index in [1.54, 1.807) is 0 Å². The second-order valence-electron chi connectivity index (χ2n) is 11.4. The second kappa shape index (κ2) is 12.6. The number of aromatic nitrogens is 4. The monoisotopic (exact) mass is 633 g/mol. The van der Waals surface area contributed by atoms with Gasteiger partial charge in [0.1, 0.15) is 31.2 Å². The fourth-order valence-corrected chi connectivity index (χ4v) is 6.44. The van der Waals surface area contributed by atoms with Crippen molar-refractivity contribution < 1.29 is 34.4 Å². The Labute approximate surface area is 262 Å². The summed E-state index contributed by atoms with van der Waals surface area (Å²) in [7, 11) is 0. The van der Waals surface area contributed by atoms with Crippen LogP contribution in [0.1, 0.15) is 36.3 Å². The number of aromatic amines is 1. The number of aliphatic hydroxyl groups excluding tert-OH is 3. The van der Waals surface area contributed by atoms with E-state index in [9.17, 15) is 29.7 Å². The van der Waals surface area contributed by atoms with Crippen LogP contribution in [-0.2, 0) is 20.0 Å². The van der Waals surface area contributed by atoms with Crippen molar-refractivity contribution in [2.45, 2.75) is 55.3 Å². The summed E-state index contributed by atoms with van der Waals surface area (Å²) in [5, 5.41) is 34.7. The van der Waals surface area contributed by atoms with Gasteiger partial charge >= 0.3 is 6.09 Å². The molecular weight excluding hydrogens is 598 g/mol. The first kappa shape index (κ1) is 31.3. The molecule has 1 saturated heterocycles. The Balaban J connectivity index is 1.31. The number of unbranched alkanes of at least 4 members (excludes halogenated alkanes) is 1. The van der Waals surface area contributed by atoms with Crippen molar-refractivity contribution in [1.82, 2.24) is 24.8 Å². The van der Waals surface area contributed by atoms with Gasteiger partial charge in [0.05, 0.1) is 12.6 Å². The topological polar surface area (TPSA) is 241 Å². The number of H-pyrrole nitrogens is 1. The average Bonchev–Trinajstić information content (AvgIpc) is 3.70. The molecule has 0 bridgehead atoms. The third kappa shape index (κ3) is 5.21. The largest absolute Gasteiger partial charge is 0.449 e. The van der Waals surface area contributed by atoms with Gasteiger partial charge in [0.25, 0.3) is 5.56 Å². The van der Waals surface area contributed by atoms with Gasteiger partial charge < -0.3 is 41.6 Å². The minimum Gasteiger partial charge on any atom is -0.449 e. The van der Waals surface area contributed by atoms with Gasteiger partial charge in [-0.25, -0.2) is 9.78 Å². The van der Waals surface area contributed by atoms with Gasteiger partial charge in [0.2, 0.25) is 17.5 Å². The summed E-state index contributed by atoms with van der Waals surface area (Å²) in [6, 6.07) is 14.4. The van der Waals surface area contributed by atoms with Gasteiger partial charge in [0, 0.05) is 5.92 Å². The average molecular weight is 634 g/mol. The number of nitrogen functional groups attached to an aromatic ring is 1. The quantitative estimate of drug-likeness (QED) is 0.109. The third-order valence-electron chi connectivity index (χ3n) is 8.65. The number of nitrogens with one attached hydrogen (secondary N) is 2. The Morgan fingerprint density at radius 2 is 1.78 bits per heavy atom. The number of fused-ring (bicyclic) bond motifs is 4. The minimum atomic E-state index is -2.47. The molecule has 0 saturated carbocycles. The summed E-state index contributed by atoms with van der Waals surface area (Å²) >= 11 is 0. The highest BCUT2D eigenvalue weighted by Crippen LogP contribution is 2.44. The number of nitrogens with zero attached hydrogens (tertiary/aromatic N) is 3. The number of amides is 1. The molecule has 0 radical (unpaired) electrons. The van der Waals surface area contributed by atoms with E-state index in [0.717, 1.165) is 33.1 Å². The number of Topliss-reactive ketones (excluding diaryl/α,β-unsaturated/α-hetero) is 1. The van der Waals surface area contributed by atoms with E-state index >= 15 is 0 Å². The molecule has 0 spiro atoms. The number of hydrogen-bond donors (Lipinski definition) is 7. The lowest BCUT2D eigenvalue weighted by Crippen LogP contribution is -2.59. The Morgan fingerprint density at radius 1 is 1.11 bits per heavy atom. The van der Waals surface area contributed by atoms with Crippen molar-refractivity contribution in [2.75, 3.05) is 25.5 Å². The molecule has 1 aliphatic heterocycles. The summed E-state index contributed by atoms with van der Waals surface area (Å²) in [4.78, 5) is 50.9. The predicted octanol–water partition coefficient (Wildman–Crippen LogP) is 0.0729. The normalized spacial score (nSPS) is 22.8. The lowest BCUT2D eigenvalue weighted by atomic mass is 9.91. The smallest absolute Gasteiger partial charge is 0.407 e. The Kier molecular flexibility index (Phi) is 8.59. The molecule has 1 fully saturated rings. The summed E-state index contributed by atoms with van der Waals surface area (Å²) in [6.45, 7) is -0.454. The summed E-state index contributed by atoms with van der Waals surface area (Å²) < 4.78 is 12.6. The molecule has 242 valence electrons. The maximum atomic E-state index is 14.5. The molecule has 3 heterocycles. The zero-order valence-electron chi connectivity index (χ0n) is 24.7. The van der Waals surface area contributed by atoms with Gasteiger partial charge in [-0.05, 0) is 48.1 Å². The van der Waals surface area contributed by atoms with Crippen LogP contribution in [0.2, 0.25) is 0 Å². The van der Waals surface area contributed by atoms with Crippen molar-refractivity contribution in [3.63, 3.8) is 0 Å². The van der Waals surface area contributed by atoms with E-state index in [1.165, 1.54) is 0 Å². The summed E-state index contributed by atoms with van der Waals surface area (Å²) in [5.41, 5.74) is 11.9. The Morgan fingerprint density at radius 3 is 2.41 bits per heavy atom. The molecule has 0 unspecified atom stereocenters. The van der Waals surface area contributed by atoms with Crippen molar-refractivity contribution in [2.24, 2.45) is 5.73 Å². The maximum Gasteiger partial charge on any atom is 0.407 e. The molecule has 4 aromatic rings. The number of anilines is 1. The number of benzene rings is 2. The lowest BCUT2D eigenvalue weighted by Gasteiger charge is -2.35. The van der Waals surface area contributed by atoms with Crippen LogP contribution in [0.3, 0.4) is 0 Å². The van der Waals surface area contributed by atoms with E-state index in [1.807, 2.05) is 48.5 Å². The molecule has 15 nitrogen and oxygen atoms in total. The Hall–Kier alpha value is -4.67. The van der Waals surface area contributed by atoms with Crippen LogP contribution in [0, 0.1) is 0 Å². The number of alkyl carbamates (subject to hydrolysis) is 1. The molecule has 2 aliphatic rings. The zero-order chi connectivity index (χ0) is 32.6. The van der Waals surface area contributed by atoms with E-state index < -0.39 is 54.1 Å². The molecule has 15 heteroatoms. The van der Waals surface area contributed by atoms with Crippen LogP contribution in [-0.4, -0.2) is 90.8 Å². The molecule has 46 heavy (non-hydrogen) atoms. The van der Waals surface area contributed by atoms with Crippen molar-refractivity contribution in [3.05, 3.63) is 76.3 Å². The molecule has 2 aromatic heterocycles. The Bertz CT molecular complexity index is 1780. The molecule has 1 amide bonds. The number of ketones is 1. The fourth-order valence-electron chi connectivity index (χ4n) is 6.44. The molecule has 9 N–H and O–H groups in total. The third-order valence-corrected chi connectivity index (χ3v) is 8.65. The molecular formula is C31H35N7O8. The van der Waals surface area contributed by atoms with Gasteiger partial charge in [-0.15, -0.1) is 0 Å². The summed E-state index contributed by atoms with van der Waals surface area (Å²) in [5.74, 6) is -1.44. The van der Waals surface area contributed by atoms with Crippen LogP contribution in [0.5, 0.6) is 0 Å². The number of aliphatic hydroxyl groups is 3. The highest BCUT2D eigenvalue weighted by atomic mass is 16.6. The highest BCUT2D eigenvalue weighted by Gasteiger charge is 2.62. The number of carbonyl (C=O) groups excluding carboxylic acids is 2. The van der Waals surface area contributed by atoms with Gasteiger partial charge in [-0.2, -0.15) is 4.98 Å². The van der Waals surface area contributed by atoms with E-state index in [4.69, 9.17) is 20.9 Å².